The van der Waals surface area contributed by atoms with Gasteiger partial charge in [0.15, 0.2) is 0 Å². The van der Waals surface area contributed by atoms with Gasteiger partial charge in [-0.1, -0.05) is 24.3 Å². The fourth-order valence-electron chi connectivity index (χ4n) is 2.46. The number of benzene rings is 2. The molecular formula is C17H16FNO3S. The van der Waals surface area contributed by atoms with Crippen molar-refractivity contribution in [1.82, 2.24) is 5.32 Å². The Balaban J connectivity index is 1.48. The number of carbonyl (C=O) groups excluding carboxylic acids is 1. The normalized spacial score (nSPS) is 17.2. The first kappa shape index (κ1) is 15.7. The molecule has 0 radical (unpaired) electrons. The van der Waals surface area contributed by atoms with Crippen LogP contribution in [0.4, 0.5) is 4.39 Å². The molecule has 3 rings (SSSR count). The Bertz CT molecular complexity index is 725. The third-order valence-electron chi connectivity index (χ3n) is 3.56. The van der Waals surface area contributed by atoms with Crippen LogP contribution in [0.3, 0.4) is 0 Å². The van der Waals surface area contributed by atoms with Gasteiger partial charge in [0.2, 0.25) is 5.91 Å². The highest BCUT2D eigenvalue weighted by Gasteiger charge is 2.23. The van der Waals surface area contributed by atoms with Crippen molar-refractivity contribution in [2.75, 3.05) is 12.3 Å². The van der Waals surface area contributed by atoms with Gasteiger partial charge < -0.3 is 10.1 Å². The first-order chi connectivity index (χ1) is 11.1. The lowest BCUT2D eigenvalue weighted by Crippen LogP contribution is -2.36. The molecule has 1 aliphatic rings. The van der Waals surface area contributed by atoms with Gasteiger partial charge in [-0.2, -0.15) is 0 Å². The minimum atomic E-state index is -1.56. The van der Waals surface area contributed by atoms with Gasteiger partial charge in [0, 0.05) is 11.3 Å². The summed E-state index contributed by atoms with van der Waals surface area (Å²) in [6.07, 6.45) is 0.627. The van der Waals surface area contributed by atoms with Crippen molar-refractivity contribution in [2.24, 2.45) is 0 Å². The van der Waals surface area contributed by atoms with Crippen LogP contribution in [-0.4, -0.2) is 28.5 Å². The van der Waals surface area contributed by atoms with Crippen LogP contribution in [0, 0.1) is 5.82 Å². The van der Waals surface area contributed by atoms with E-state index in [0.29, 0.717) is 11.4 Å². The molecule has 0 bridgehead atoms. The zero-order valence-electron chi connectivity index (χ0n) is 12.3. The van der Waals surface area contributed by atoms with Crippen LogP contribution in [0.25, 0.3) is 0 Å². The molecule has 0 fully saturated rings. The number of fused-ring (bicyclic) bond motifs is 1. The fraction of sp³-hybridized carbons (Fsp3) is 0.235. The van der Waals surface area contributed by atoms with Crippen molar-refractivity contribution in [1.29, 1.82) is 0 Å². The van der Waals surface area contributed by atoms with Crippen molar-refractivity contribution in [3.8, 4) is 5.75 Å². The number of halogens is 1. The van der Waals surface area contributed by atoms with Gasteiger partial charge >= 0.3 is 0 Å². The van der Waals surface area contributed by atoms with E-state index in [9.17, 15) is 13.4 Å². The third kappa shape index (κ3) is 3.96. The van der Waals surface area contributed by atoms with E-state index in [1.165, 1.54) is 18.2 Å². The Labute approximate surface area is 136 Å². The quantitative estimate of drug-likeness (QED) is 0.911. The van der Waals surface area contributed by atoms with E-state index in [1.54, 1.807) is 6.07 Å². The molecule has 6 heteroatoms. The summed E-state index contributed by atoms with van der Waals surface area (Å²) < 4.78 is 30.9. The van der Waals surface area contributed by atoms with Gasteiger partial charge in [-0.05, 0) is 29.8 Å². The van der Waals surface area contributed by atoms with Crippen molar-refractivity contribution in [3.63, 3.8) is 0 Å². The zero-order valence-corrected chi connectivity index (χ0v) is 13.1. The van der Waals surface area contributed by atoms with Crippen LogP contribution in [0.15, 0.2) is 53.4 Å². The molecule has 1 N–H and O–H groups in total. The van der Waals surface area contributed by atoms with E-state index in [0.717, 1.165) is 17.7 Å². The Kier molecular flexibility index (Phi) is 4.71. The Morgan fingerprint density at radius 3 is 2.87 bits per heavy atom. The molecule has 1 heterocycles. The largest absolute Gasteiger partial charge is 0.488 e. The highest BCUT2D eigenvalue weighted by Crippen LogP contribution is 2.27. The van der Waals surface area contributed by atoms with Gasteiger partial charge in [0.1, 0.15) is 23.4 Å². The average Bonchev–Trinajstić information content (AvgIpc) is 2.96. The maximum Gasteiger partial charge on any atom is 0.233 e. The van der Waals surface area contributed by atoms with Crippen LogP contribution in [0.2, 0.25) is 0 Å². The Hall–Kier alpha value is -2.21. The number of amides is 1. The molecule has 4 nitrogen and oxygen atoms in total. The van der Waals surface area contributed by atoms with Gasteiger partial charge in [-0.3, -0.25) is 9.00 Å². The molecule has 0 saturated heterocycles. The molecule has 120 valence electrons. The third-order valence-corrected chi connectivity index (χ3v) is 4.87. The van der Waals surface area contributed by atoms with Crippen LogP contribution < -0.4 is 10.1 Å². The maximum absolute atomic E-state index is 13.1. The molecule has 23 heavy (non-hydrogen) atoms. The molecule has 2 unspecified atom stereocenters. The fourth-order valence-corrected chi connectivity index (χ4v) is 3.44. The number of nitrogens with one attached hydrogen (secondary N) is 1. The average molecular weight is 333 g/mol. The maximum atomic E-state index is 13.1. The number of hydrogen-bond donors (Lipinski definition) is 1. The van der Waals surface area contributed by atoms with Crippen molar-refractivity contribution >= 4 is 16.7 Å². The molecule has 2 atom stereocenters. The van der Waals surface area contributed by atoms with E-state index in [2.05, 4.69) is 5.32 Å². The standard InChI is InChI=1S/C17H16FNO3S/c18-13-5-3-6-15(9-13)23(21)11-17(20)19-10-14-8-12-4-1-2-7-16(12)22-14/h1-7,9,14H,8,10-11H2,(H,19,20). The summed E-state index contributed by atoms with van der Waals surface area (Å²) in [6.45, 7) is 0.355. The second-order valence-corrected chi connectivity index (χ2v) is 6.75. The number of rotatable bonds is 5. The van der Waals surface area contributed by atoms with Crippen molar-refractivity contribution < 1.29 is 18.1 Å². The summed E-state index contributed by atoms with van der Waals surface area (Å²) >= 11 is 0. The predicted molar refractivity (Wildman–Crippen MR) is 85.2 cm³/mol. The number of ether oxygens (including phenoxy) is 1. The van der Waals surface area contributed by atoms with Gasteiger partial charge in [0.05, 0.1) is 17.3 Å². The topological polar surface area (TPSA) is 55.4 Å². The minimum absolute atomic E-state index is 0.112. The Morgan fingerprint density at radius 2 is 2.09 bits per heavy atom. The van der Waals surface area contributed by atoms with E-state index in [1.807, 2.05) is 24.3 Å². The molecule has 1 aliphatic heterocycles. The first-order valence-corrected chi connectivity index (χ1v) is 8.59. The molecular weight excluding hydrogens is 317 g/mol. The molecule has 0 aliphatic carbocycles. The number of para-hydroxylation sites is 1. The van der Waals surface area contributed by atoms with Crippen molar-refractivity contribution in [3.05, 3.63) is 59.9 Å². The van der Waals surface area contributed by atoms with Gasteiger partial charge in [-0.15, -0.1) is 0 Å². The zero-order chi connectivity index (χ0) is 16.2. The molecule has 0 aromatic heterocycles. The van der Waals surface area contributed by atoms with Crippen LogP contribution in [0.5, 0.6) is 5.75 Å². The molecule has 1 amide bonds. The van der Waals surface area contributed by atoms with E-state index < -0.39 is 16.6 Å². The van der Waals surface area contributed by atoms with Gasteiger partial charge in [-0.25, -0.2) is 4.39 Å². The summed E-state index contributed by atoms with van der Waals surface area (Å²) in [7, 11) is -1.56. The van der Waals surface area contributed by atoms with E-state index >= 15 is 0 Å². The van der Waals surface area contributed by atoms with Crippen LogP contribution in [0.1, 0.15) is 5.56 Å². The number of hydrogen-bond acceptors (Lipinski definition) is 3. The highest BCUT2D eigenvalue weighted by atomic mass is 32.2. The molecule has 2 aromatic rings. The Morgan fingerprint density at radius 1 is 1.26 bits per heavy atom. The summed E-state index contributed by atoms with van der Waals surface area (Å²) in [4.78, 5) is 12.2. The molecule has 0 spiro atoms. The van der Waals surface area contributed by atoms with Crippen LogP contribution >= 0.6 is 0 Å². The number of carbonyl (C=O) groups is 1. The minimum Gasteiger partial charge on any atom is -0.488 e. The van der Waals surface area contributed by atoms with E-state index in [-0.39, 0.29) is 17.8 Å². The van der Waals surface area contributed by atoms with E-state index in [4.69, 9.17) is 4.74 Å². The van der Waals surface area contributed by atoms with Crippen molar-refractivity contribution in [2.45, 2.75) is 17.4 Å². The molecule has 2 aromatic carbocycles. The lowest BCUT2D eigenvalue weighted by Gasteiger charge is -2.12. The lowest BCUT2D eigenvalue weighted by atomic mass is 10.1. The summed E-state index contributed by atoms with van der Waals surface area (Å²) in [5.74, 6) is -0.154. The van der Waals surface area contributed by atoms with Gasteiger partial charge in [0.25, 0.3) is 0 Å². The summed E-state index contributed by atoms with van der Waals surface area (Å²) in [6, 6.07) is 13.2. The monoisotopic (exact) mass is 333 g/mol. The SMILES string of the molecule is O=C(CS(=O)c1cccc(F)c1)NCC1Cc2ccccc2O1. The summed E-state index contributed by atoms with van der Waals surface area (Å²) in [5, 5.41) is 2.72. The predicted octanol–water partition coefficient (Wildman–Crippen LogP) is 2.05. The second kappa shape index (κ2) is 6.91. The first-order valence-electron chi connectivity index (χ1n) is 7.27. The second-order valence-electron chi connectivity index (χ2n) is 5.30. The lowest BCUT2D eigenvalue weighted by molar-refractivity contribution is -0.118. The summed E-state index contributed by atoms with van der Waals surface area (Å²) in [5.41, 5.74) is 1.12. The highest BCUT2D eigenvalue weighted by molar-refractivity contribution is 7.85. The van der Waals surface area contributed by atoms with Crippen LogP contribution in [-0.2, 0) is 22.0 Å². The molecule has 0 saturated carbocycles. The smallest absolute Gasteiger partial charge is 0.233 e.